The molecule has 8 heteroatoms. The number of thioether (sulfide) groups is 1. The van der Waals surface area contributed by atoms with Crippen molar-refractivity contribution in [3.8, 4) is 5.75 Å². The van der Waals surface area contributed by atoms with Gasteiger partial charge in [-0.1, -0.05) is 65.8 Å². The number of para-hydroxylation sites is 1. The Morgan fingerprint density at radius 3 is 2.64 bits per heavy atom. The lowest BCUT2D eigenvalue weighted by atomic mass is 10.2. The summed E-state index contributed by atoms with van der Waals surface area (Å²) in [6.45, 7) is 0.659. The molecule has 0 bridgehead atoms. The van der Waals surface area contributed by atoms with E-state index in [2.05, 4.69) is 10.3 Å². The van der Waals surface area contributed by atoms with E-state index in [1.165, 1.54) is 11.8 Å². The molecule has 168 valence electrons. The number of nitrogens with one attached hydrogen (secondary N) is 1. The van der Waals surface area contributed by atoms with E-state index < -0.39 is 0 Å². The molecule has 0 aliphatic rings. The normalized spacial score (nSPS) is 10.8. The maximum Gasteiger partial charge on any atom is 0.262 e. The van der Waals surface area contributed by atoms with Gasteiger partial charge in [0, 0.05) is 17.1 Å². The SMILES string of the molecule is COc1ccc(Cl)cc1CNC(=O)CSc1nc2ccccc2c(=O)n1Cc1ccccc1. The average molecular weight is 480 g/mol. The largest absolute Gasteiger partial charge is 0.496 e. The third-order valence-corrected chi connectivity index (χ3v) is 6.27. The quantitative estimate of drug-likeness (QED) is 0.297. The first-order valence-electron chi connectivity index (χ1n) is 10.3. The van der Waals surface area contributed by atoms with Crippen molar-refractivity contribution in [1.29, 1.82) is 0 Å². The van der Waals surface area contributed by atoms with Crippen molar-refractivity contribution in [2.24, 2.45) is 0 Å². The highest BCUT2D eigenvalue weighted by molar-refractivity contribution is 7.99. The van der Waals surface area contributed by atoms with Gasteiger partial charge in [-0.05, 0) is 35.9 Å². The summed E-state index contributed by atoms with van der Waals surface area (Å²) in [5, 5.41) is 4.50. The molecule has 33 heavy (non-hydrogen) atoms. The smallest absolute Gasteiger partial charge is 0.262 e. The number of carbonyl (C=O) groups is 1. The molecule has 1 heterocycles. The Hall–Kier alpha value is -3.29. The van der Waals surface area contributed by atoms with Crippen LogP contribution in [0.1, 0.15) is 11.1 Å². The fraction of sp³-hybridized carbons (Fsp3) is 0.160. The number of methoxy groups -OCH3 is 1. The van der Waals surface area contributed by atoms with Gasteiger partial charge in [-0.15, -0.1) is 0 Å². The van der Waals surface area contributed by atoms with Crippen LogP contribution in [0, 0.1) is 0 Å². The number of amides is 1. The maximum absolute atomic E-state index is 13.2. The Labute approximate surface area is 200 Å². The minimum atomic E-state index is -0.185. The Balaban J connectivity index is 1.53. The highest BCUT2D eigenvalue weighted by atomic mass is 35.5. The summed E-state index contributed by atoms with van der Waals surface area (Å²) < 4.78 is 6.95. The van der Waals surface area contributed by atoms with Crippen molar-refractivity contribution in [3.05, 3.63) is 99.3 Å². The molecule has 4 aromatic rings. The lowest BCUT2D eigenvalue weighted by molar-refractivity contribution is -0.118. The molecule has 0 unspecified atom stereocenters. The molecule has 6 nitrogen and oxygen atoms in total. The van der Waals surface area contributed by atoms with Gasteiger partial charge in [-0.2, -0.15) is 0 Å². The number of halogens is 1. The predicted molar refractivity (Wildman–Crippen MR) is 132 cm³/mol. The molecule has 3 aromatic carbocycles. The molecule has 1 aromatic heterocycles. The zero-order valence-electron chi connectivity index (χ0n) is 18.0. The van der Waals surface area contributed by atoms with E-state index >= 15 is 0 Å². The van der Waals surface area contributed by atoms with Crippen LogP contribution in [0.3, 0.4) is 0 Å². The fourth-order valence-corrected chi connectivity index (χ4v) is 4.45. The molecular formula is C25H22ClN3O3S. The molecule has 4 rings (SSSR count). The molecule has 0 radical (unpaired) electrons. The van der Waals surface area contributed by atoms with Crippen LogP contribution in [0.15, 0.2) is 82.7 Å². The molecule has 1 amide bonds. The Morgan fingerprint density at radius 1 is 1.09 bits per heavy atom. The Kier molecular flexibility index (Phi) is 7.32. The predicted octanol–water partition coefficient (Wildman–Crippen LogP) is 4.52. The van der Waals surface area contributed by atoms with Crippen molar-refractivity contribution in [3.63, 3.8) is 0 Å². The molecule has 0 fully saturated rings. The van der Waals surface area contributed by atoms with E-state index in [4.69, 9.17) is 16.3 Å². The number of nitrogens with zero attached hydrogens (tertiary/aromatic N) is 2. The highest BCUT2D eigenvalue weighted by Gasteiger charge is 2.14. The minimum absolute atomic E-state index is 0.114. The number of aromatic nitrogens is 2. The molecular weight excluding hydrogens is 458 g/mol. The molecule has 0 aliphatic carbocycles. The summed E-state index contributed by atoms with van der Waals surface area (Å²) in [5.41, 5.74) is 2.25. The Morgan fingerprint density at radius 2 is 1.85 bits per heavy atom. The zero-order chi connectivity index (χ0) is 23.2. The Bertz CT molecular complexity index is 1340. The van der Waals surface area contributed by atoms with Crippen molar-refractivity contribution in [2.75, 3.05) is 12.9 Å². The lowest BCUT2D eigenvalue weighted by Gasteiger charge is -2.14. The molecule has 0 aliphatic heterocycles. The van der Waals surface area contributed by atoms with E-state index in [-0.39, 0.29) is 23.8 Å². The van der Waals surface area contributed by atoms with Crippen molar-refractivity contribution >= 4 is 40.2 Å². The van der Waals surface area contributed by atoms with Crippen LogP contribution in [0.2, 0.25) is 5.02 Å². The second-order valence-electron chi connectivity index (χ2n) is 7.31. The van der Waals surface area contributed by atoms with Gasteiger partial charge in [0.1, 0.15) is 5.75 Å². The van der Waals surface area contributed by atoms with Crippen LogP contribution in [0.4, 0.5) is 0 Å². The molecule has 1 N–H and O–H groups in total. The van der Waals surface area contributed by atoms with Gasteiger partial charge in [-0.3, -0.25) is 14.2 Å². The number of ether oxygens (including phenoxy) is 1. The topological polar surface area (TPSA) is 73.2 Å². The second kappa shape index (κ2) is 10.6. The van der Waals surface area contributed by atoms with Crippen molar-refractivity contribution < 1.29 is 9.53 Å². The monoisotopic (exact) mass is 479 g/mol. The molecule has 0 saturated carbocycles. The summed E-state index contributed by atoms with van der Waals surface area (Å²) in [5.74, 6) is 0.582. The summed E-state index contributed by atoms with van der Waals surface area (Å²) in [6.07, 6.45) is 0. The van der Waals surface area contributed by atoms with Crippen LogP contribution in [-0.4, -0.2) is 28.3 Å². The summed E-state index contributed by atoms with van der Waals surface area (Å²) in [4.78, 5) is 30.4. The van der Waals surface area contributed by atoms with Gasteiger partial charge < -0.3 is 10.1 Å². The van der Waals surface area contributed by atoms with E-state index in [1.807, 2.05) is 42.5 Å². The van der Waals surface area contributed by atoms with Crippen molar-refractivity contribution in [1.82, 2.24) is 14.9 Å². The fourth-order valence-electron chi connectivity index (χ4n) is 3.42. The lowest BCUT2D eigenvalue weighted by Crippen LogP contribution is -2.27. The number of benzene rings is 3. The van der Waals surface area contributed by atoms with E-state index in [9.17, 15) is 9.59 Å². The van der Waals surface area contributed by atoms with Gasteiger partial charge >= 0.3 is 0 Å². The molecule has 0 atom stereocenters. The third kappa shape index (κ3) is 5.56. The number of fused-ring (bicyclic) bond motifs is 1. The average Bonchev–Trinajstić information content (AvgIpc) is 2.84. The number of rotatable bonds is 8. The van der Waals surface area contributed by atoms with Crippen molar-refractivity contribution in [2.45, 2.75) is 18.2 Å². The standard InChI is InChI=1S/C25H22ClN3O3S/c1-32-22-12-11-19(26)13-18(22)14-27-23(30)16-33-25-28-21-10-6-5-9-20(21)24(31)29(25)15-17-7-3-2-4-8-17/h2-13H,14-16H2,1H3,(H,27,30). The number of hydrogen-bond donors (Lipinski definition) is 1. The first-order chi connectivity index (χ1) is 16.0. The first-order valence-corrected chi connectivity index (χ1v) is 11.7. The van der Waals surface area contributed by atoms with Crippen LogP contribution in [-0.2, 0) is 17.9 Å². The van der Waals surface area contributed by atoms with E-state index in [0.29, 0.717) is 33.4 Å². The summed E-state index contributed by atoms with van der Waals surface area (Å²) >= 11 is 7.30. The number of hydrogen-bond acceptors (Lipinski definition) is 5. The van der Waals surface area contributed by atoms with Gasteiger partial charge in [0.05, 0.1) is 30.3 Å². The van der Waals surface area contributed by atoms with E-state index in [0.717, 1.165) is 11.1 Å². The van der Waals surface area contributed by atoms with Crippen LogP contribution in [0.5, 0.6) is 5.75 Å². The summed E-state index contributed by atoms with van der Waals surface area (Å²) in [7, 11) is 1.57. The maximum atomic E-state index is 13.2. The summed E-state index contributed by atoms with van der Waals surface area (Å²) in [6, 6.07) is 22.2. The van der Waals surface area contributed by atoms with Gasteiger partial charge in [0.2, 0.25) is 5.91 Å². The van der Waals surface area contributed by atoms with Gasteiger partial charge in [0.25, 0.3) is 5.56 Å². The zero-order valence-corrected chi connectivity index (χ0v) is 19.5. The first kappa shape index (κ1) is 22.9. The minimum Gasteiger partial charge on any atom is -0.496 e. The van der Waals surface area contributed by atoms with Gasteiger partial charge in [0.15, 0.2) is 5.16 Å². The van der Waals surface area contributed by atoms with E-state index in [1.54, 1.807) is 42.0 Å². The number of carbonyl (C=O) groups excluding carboxylic acids is 1. The molecule has 0 saturated heterocycles. The van der Waals surface area contributed by atoms with Crippen LogP contribution < -0.4 is 15.6 Å². The van der Waals surface area contributed by atoms with Crippen LogP contribution in [0.25, 0.3) is 10.9 Å². The third-order valence-electron chi connectivity index (χ3n) is 5.06. The van der Waals surface area contributed by atoms with Gasteiger partial charge in [-0.25, -0.2) is 4.98 Å². The second-order valence-corrected chi connectivity index (χ2v) is 8.69. The highest BCUT2D eigenvalue weighted by Crippen LogP contribution is 2.23. The van der Waals surface area contributed by atoms with Crippen LogP contribution >= 0.6 is 23.4 Å². The molecule has 0 spiro atoms.